The van der Waals surface area contributed by atoms with E-state index in [9.17, 15) is 40.3 Å². The van der Waals surface area contributed by atoms with Crippen LogP contribution in [0.2, 0.25) is 0 Å². The normalized spacial score (nSPS) is 21.8. The van der Waals surface area contributed by atoms with E-state index in [-0.39, 0.29) is 55.2 Å². The van der Waals surface area contributed by atoms with E-state index >= 15 is 0 Å². The van der Waals surface area contributed by atoms with Crippen LogP contribution in [0.1, 0.15) is 79.7 Å². The van der Waals surface area contributed by atoms with Crippen molar-refractivity contribution in [3.63, 3.8) is 0 Å². The molecule has 1 unspecified atom stereocenters. The summed E-state index contributed by atoms with van der Waals surface area (Å²) >= 11 is 0. The zero-order valence-corrected chi connectivity index (χ0v) is 21.9. The van der Waals surface area contributed by atoms with Crippen LogP contribution in [0, 0.1) is 0 Å². The van der Waals surface area contributed by atoms with Crippen molar-refractivity contribution >= 4 is 11.7 Å². The Morgan fingerprint density at radius 2 is 1.85 bits per heavy atom. The van der Waals surface area contributed by atoms with Crippen LogP contribution < -0.4 is 5.32 Å². The number of hydrogen-bond acceptors (Lipinski definition) is 4. The molecule has 1 saturated carbocycles. The Labute approximate surface area is 226 Å². The molecule has 40 heavy (non-hydrogen) atoms. The maximum Gasteiger partial charge on any atom is 0.418 e. The lowest BCUT2D eigenvalue weighted by Crippen LogP contribution is -2.45. The van der Waals surface area contributed by atoms with Gasteiger partial charge in [0, 0.05) is 50.4 Å². The molecule has 1 N–H and O–H groups in total. The highest BCUT2D eigenvalue weighted by molar-refractivity contribution is 5.93. The summed E-state index contributed by atoms with van der Waals surface area (Å²) in [6, 6.07) is 3.85. The Balaban J connectivity index is 1.60. The van der Waals surface area contributed by atoms with Crippen LogP contribution in [0.5, 0.6) is 0 Å². The fourth-order valence-corrected chi connectivity index (χ4v) is 5.49. The summed E-state index contributed by atoms with van der Waals surface area (Å²) in [5.41, 5.74) is -1.66. The molecule has 13 heteroatoms. The van der Waals surface area contributed by atoms with Crippen molar-refractivity contribution in [2.75, 3.05) is 19.6 Å². The number of nitrogens with one attached hydrogen (secondary N) is 1. The van der Waals surface area contributed by atoms with Gasteiger partial charge >= 0.3 is 6.18 Å². The molecule has 4 rings (SSSR count). The van der Waals surface area contributed by atoms with Crippen molar-refractivity contribution in [1.29, 1.82) is 0 Å². The van der Waals surface area contributed by atoms with Gasteiger partial charge in [-0.1, -0.05) is 12.1 Å². The van der Waals surface area contributed by atoms with E-state index in [0.717, 1.165) is 16.8 Å². The first-order valence-corrected chi connectivity index (χ1v) is 13.2. The predicted molar refractivity (Wildman–Crippen MR) is 132 cm³/mol. The van der Waals surface area contributed by atoms with Crippen molar-refractivity contribution in [3.8, 4) is 5.69 Å². The Kier molecular flexibility index (Phi) is 8.63. The second kappa shape index (κ2) is 11.5. The molecule has 1 saturated heterocycles. The average Bonchev–Trinajstić information content (AvgIpc) is 3.44. The topological polar surface area (TPSA) is 67.2 Å². The molecule has 2 heterocycles. The maximum atomic E-state index is 14.0. The number of likely N-dealkylation sites (tertiary alicyclic amines) is 1. The van der Waals surface area contributed by atoms with Gasteiger partial charge in [0.15, 0.2) is 0 Å². The highest BCUT2D eigenvalue weighted by Gasteiger charge is 2.43. The number of nitrogens with zero attached hydrogens (tertiary/aromatic N) is 3. The number of ketones is 1. The zero-order valence-electron chi connectivity index (χ0n) is 21.9. The third-order valence-electron chi connectivity index (χ3n) is 7.34. The number of para-hydroxylation sites is 1. The molecule has 1 amide bonds. The lowest BCUT2D eigenvalue weighted by Gasteiger charge is -2.33. The fraction of sp³-hybridized carbons (Fsp3) is 0.593. The molecule has 2 aromatic rings. The first kappa shape index (κ1) is 30.0. The van der Waals surface area contributed by atoms with Crippen LogP contribution in [0.25, 0.3) is 5.69 Å². The Morgan fingerprint density at radius 3 is 2.48 bits per heavy atom. The monoisotopic (exact) mass is 576 g/mol. The van der Waals surface area contributed by atoms with Gasteiger partial charge in [0.25, 0.3) is 11.8 Å². The number of piperidine rings is 1. The molecule has 2 fully saturated rings. The highest BCUT2D eigenvalue weighted by atomic mass is 19.4. The Morgan fingerprint density at radius 1 is 1.12 bits per heavy atom. The van der Waals surface area contributed by atoms with Crippen molar-refractivity contribution in [2.24, 2.45) is 0 Å². The number of rotatable bonds is 9. The molecule has 0 spiro atoms. The van der Waals surface area contributed by atoms with E-state index in [4.69, 9.17) is 0 Å². The SMILES string of the molecule is CC(=O)C[C@H](CCN1CCCC(F)(F)C1)NC(=O)c1cn(-c2ccccc2C(F)(F)F)c(C2CCC(F)(F)C2)n1. The number of amides is 1. The molecular formula is C27H31F7N4O2. The molecule has 0 radical (unpaired) electrons. The van der Waals surface area contributed by atoms with Crippen molar-refractivity contribution in [1.82, 2.24) is 19.8 Å². The van der Waals surface area contributed by atoms with Crippen LogP contribution in [0.3, 0.4) is 0 Å². The number of alkyl halides is 7. The van der Waals surface area contributed by atoms with Crippen LogP contribution in [-0.2, 0) is 11.0 Å². The van der Waals surface area contributed by atoms with E-state index in [0.29, 0.717) is 13.0 Å². The van der Waals surface area contributed by atoms with Gasteiger partial charge in [0.1, 0.15) is 17.3 Å². The number of carbonyl (C=O) groups excluding carboxylic acids is 2. The third kappa shape index (κ3) is 7.41. The van der Waals surface area contributed by atoms with Gasteiger partial charge < -0.3 is 9.88 Å². The van der Waals surface area contributed by atoms with Gasteiger partial charge in [0.2, 0.25) is 5.92 Å². The smallest absolute Gasteiger partial charge is 0.347 e. The number of benzene rings is 1. The Bertz CT molecular complexity index is 1230. The summed E-state index contributed by atoms with van der Waals surface area (Å²) < 4.78 is 98.1. The summed E-state index contributed by atoms with van der Waals surface area (Å²) in [7, 11) is 0. The quantitative estimate of drug-likeness (QED) is 0.373. The molecule has 0 bridgehead atoms. The number of imidazole rings is 1. The number of hydrogen-bond donors (Lipinski definition) is 1. The van der Waals surface area contributed by atoms with Crippen LogP contribution in [0.15, 0.2) is 30.5 Å². The molecule has 6 nitrogen and oxygen atoms in total. The van der Waals surface area contributed by atoms with Crippen LogP contribution in [-0.4, -0.2) is 63.7 Å². The molecule has 1 aromatic heterocycles. The maximum absolute atomic E-state index is 14.0. The number of halogens is 7. The molecular weight excluding hydrogens is 545 g/mol. The third-order valence-corrected chi connectivity index (χ3v) is 7.34. The van der Waals surface area contributed by atoms with Gasteiger partial charge in [-0.05, 0) is 44.9 Å². The fourth-order valence-electron chi connectivity index (χ4n) is 5.49. The second-order valence-electron chi connectivity index (χ2n) is 10.8. The first-order chi connectivity index (χ1) is 18.6. The number of Topliss-reactive ketones (excluding diaryl/α,β-unsaturated/α-hetero) is 1. The van der Waals surface area contributed by atoms with Gasteiger partial charge in [-0.25, -0.2) is 22.5 Å². The average molecular weight is 577 g/mol. The van der Waals surface area contributed by atoms with E-state index in [1.807, 2.05) is 0 Å². The zero-order chi connectivity index (χ0) is 29.3. The molecule has 1 aromatic carbocycles. The molecule has 220 valence electrons. The summed E-state index contributed by atoms with van der Waals surface area (Å²) in [5, 5.41) is 2.65. The van der Waals surface area contributed by atoms with E-state index in [1.165, 1.54) is 25.1 Å². The minimum absolute atomic E-state index is 0.0211. The minimum Gasteiger partial charge on any atom is -0.347 e. The van der Waals surface area contributed by atoms with Crippen LogP contribution >= 0.6 is 0 Å². The molecule has 2 aliphatic rings. The second-order valence-corrected chi connectivity index (χ2v) is 10.8. The predicted octanol–water partition coefficient (Wildman–Crippen LogP) is 5.99. The van der Waals surface area contributed by atoms with Crippen LogP contribution in [0.4, 0.5) is 30.7 Å². The number of aromatic nitrogens is 2. The Hall–Kier alpha value is -2.96. The lowest BCUT2D eigenvalue weighted by molar-refractivity contribution is -0.137. The summed E-state index contributed by atoms with van der Waals surface area (Å²) in [6.07, 6.45) is -4.55. The lowest BCUT2D eigenvalue weighted by atomic mass is 10.0. The van der Waals surface area contributed by atoms with Gasteiger partial charge in [0.05, 0.1) is 17.8 Å². The molecule has 1 aliphatic heterocycles. The molecule has 2 atom stereocenters. The molecule has 1 aliphatic carbocycles. The minimum atomic E-state index is -4.75. The summed E-state index contributed by atoms with van der Waals surface area (Å²) in [5.74, 6) is -7.85. The van der Waals surface area contributed by atoms with Gasteiger partial charge in [-0.3, -0.25) is 14.5 Å². The van der Waals surface area contributed by atoms with Gasteiger partial charge in [-0.2, -0.15) is 13.2 Å². The van der Waals surface area contributed by atoms with Crippen molar-refractivity contribution < 1.29 is 40.3 Å². The van der Waals surface area contributed by atoms with E-state index in [1.54, 1.807) is 4.90 Å². The first-order valence-electron chi connectivity index (χ1n) is 13.2. The van der Waals surface area contributed by atoms with Crippen molar-refractivity contribution in [3.05, 3.63) is 47.5 Å². The van der Waals surface area contributed by atoms with Crippen molar-refractivity contribution in [2.45, 2.75) is 81.9 Å². The van der Waals surface area contributed by atoms with E-state index < -0.39 is 60.8 Å². The largest absolute Gasteiger partial charge is 0.418 e. The van der Waals surface area contributed by atoms with Gasteiger partial charge in [-0.15, -0.1) is 0 Å². The summed E-state index contributed by atoms with van der Waals surface area (Å²) in [6.45, 7) is 1.54. The standard InChI is InChI=1S/C27H31F7N4O2/c1-17(39)13-19(8-12-37-11-4-9-26(30,31)16-37)35-24(40)21-15-38(22-6-3-2-5-20(22)27(32,33)34)23(36-21)18-7-10-25(28,29)14-18/h2-3,5-6,15,18-19H,4,7-14,16H2,1H3,(H,35,40)/t18?,19-/m0/s1. The number of carbonyl (C=O) groups is 2. The highest BCUT2D eigenvalue weighted by Crippen LogP contribution is 2.45. The summed E-state index contributed by atoms with van der Waals surface area (Å²) in [4.78, 5) is 30.8. The van der Waals surface area contributed by atoms with E-state index in [2.05, 4.69) is 10.3 Å².